The van der Waals surface area contributed by atoms with Crippen LogP contribution in [0.15, 0.2) is 24.3 Å². The normalized spacial score (nSPS) is 18.5. The van der Waals surface area contributed by atoms with E-state index >= 15 is 0 Å². The van der Waals surface area contributed by atoms with Gasteiger partial charge in [-0.1, -0.05) is 0 Å². The Balaban J connectivity index is 2.03. The molecule has 1 heterocycles. The van der Waals surface area contributed by atoms with Crippen LogP contribution in [0.5, 0.6) is 5.75 Å². The highest BCUT2D eigenvalue weighted by Crippen LogP contribution is 2.28. The van der Waals surface area contributed by atoms with Crippen LogP contribution < -0.4 is 4.74 Å². The highest BCUT2D eigenvalue weighted by atomic mass is 19.3. The van der Waals surface area contributed by atoms with E-state index < -0.39 is 5.92 Å². The largest absolute Gasteiger partial charge is 0.497 e. The molecule has 1 aliphatic rings. The predicted octanol–water partition coefficient (Wildman–Crippen LogP) is 2.57. The Morgan fingerprint density at radius 3 is 2.28 bits per heavy atom. The summed E-state index contributed by atoms with van der Waals surface area (Å²) in [5.41, 5.74) is 0.501. The van der Waals surface area contributed by atoms with Crippen LogP contribution in [-0.4, -0.2) is 36.9 Å². The molecule has 1 aromatic rings. The third-order valence-electron chi connectivity index (χ3n) is 3.12. The average Bonchev–Trinajstić information content (AvgIpc) is 2.38. The summed E-state index contributed by atoms with van der Waals surface area (Å²) in [6.07, 6.45) is -0.510. The standard InChI is InChI=1S/C13H15F2NO2/c1-18-11-4-2-10(3-5-11)12(17)16-8-6-13(14,15)7-9-16/h2-5H,6-9H2,1H3. The van der Waals surface area contributed by atoms with E-state index in [0.29, 0.717) is 11.3 Å². The number of carbonyl (C=O) groups excluding carboxylic acids is 1. The molecule has 0 saturated carbocycles. The molecule has 3 nitrogen and oxygen atoms in total. The first kappa shape index (κ1) is 12.8. The van der Waals surface area contributed by atoms with Gasteiger partial charge in [0.25, 0.3) is 11.8 Å². The maximum atomic E-state index is 13.0. The summed E-state index contributed by atoms with van der Waals surface area (Å²) in [6, 6.07) is 6.67. The molecule has 98 valence electrons. The van der Waals surface area contributed by atoms with Gasteiger partial charge in [0.05, 0.1) is 7.11 Å². The summed E-state index contributed by atoms with van der Waals surface area (Å²) in [7, 11) is 1.55. The van der Waals surface area contributed by atoms with Gasteiger partial charge in [0, 0.05) is 31.5 Å². The second-order valence-corrected chi connectivity index (χ2v) is 4.38. The lowest BCUT2D eigenvalue weighted by Gasteiger charge is -2.31. The third kappa shape index (κ3) is 2.78. The molecule has 0 bridgehead atoms. The van der Waals surface area contributed by atoms with Crippen LogP contribution >= 0.6 is 0 Å². The molecule has 5 heteroatoms. The fraction of sp³-hybridized carbons (Fsp3) is 0.462. The summed E-state index contributed by atoms with van der Waals surface area (Å²) in [6.45, 7) is 0.218. The molecular formula is C13H15F2NO2. The summed E-state index contributed by atoms with van der Waals surface area (Å²) in [5, 5.41) is 0. The molecule has 0 atom stereocenters. The van der Waals surface area contributed by atoms with Crippen LogP contribution in [0.1, 0.15) is 23.2 Å². The van der Waals surface area contributed by atoms with Gasteiger partial charge in [0.15, 0.2) is 0 Å². The van der Waals surface area contributed by atoms with Crippen molar-refractivity contribution in [2.24, 2.45) is 0 Å². The Labute approximate surface area is 104 Å². The van der Waals surface area contributed by atoms with Crippen LogP contribution in [0.4, 0.5) is 8.78 Å². The van der Waals surface area contributed by atoms with Crippen LogP contribution in [0.25, 0.3) is 0 Å². The first-order chi connectivity index (χ1) is 8.52. The molecule has 0 radical (unpaired) electrons. The number of amides is 1. The van der Waals surface area contributed by atoms with Crippen molar-refractivity contribution in [2.45, 2.75) is 18.8 Å². The van der Waals surface area contributed by atoms with Gasteiger partial charge in [-0.05, 0) is 24.3 Å². The number of hydrogen-bond acceptors (Lipinski definition) is 2. The molecule has 1 fully saturated rings. The van der Waals surface area contributed by atoms with Crippen LogP contribution in [-0.2, 0) is 0 Å². The molecule has 0 unspecified atom stereocenters. The van der Waals surface area contributed by atoms with Gasteiger partial charge in [-0.2, -0.15) is 0 Å². The molecule has 1 aromatic carbocycles. The number of piperidine rings is 1. The van der Waals surface area contributed by atoms with E-state index in [2.05, 4.69) is 0 Å². The zero-order chi connectivity index (χ0) is 13.2. The fourth-order valence-corrected chi connectivity index (χ4v) is 1.95. The maximum absolute atomic E-state index is 13.0. The topological polar surface area (TPSA) is 29.5 Å². The molecular weight excluding hydrogens is 240 g/mol. The van der Waals surface area contributed by atoms with Crippen molar-refractivity contribution in [3.05, 3.63) is 29.8 Å². The smallest absolute Gasteiger partial charge is 0.253 e. The van der Waals surface area contributed by atoms with E-state index in [0.717, 1.165) is 0 Å². The zero-order valence-corrected chi connectivity index (χ0v) is 10.2. The average molecular weight is 255 g/mol. The molecule has 1 saturated heterocycles. The minimum Gasteiger partial charge on any atom is -0.497 e. The minimum absolute atomic E-state index is 0.109. The van der Waals surface area contributed by atoms with Gasteiger partial charge in [0.1, 0.15) is 5.75 Å². The van der Waals surface area contributed by atoms with Crippen molar-refractivity contribution in [1.82, 2.24) is 4.90 Å². The summed E-state index contributed by atoms with van der Waals surface area (Å²) >= 11 is 0. The Morgan fingerprint density at radius 2 is 1.78 bits per heavy atom. The number of hydrogen-bond donors (Lipinski definition) is 0. The van der Waals surface area contributed by atoms with Crippen LogP contribution in [0, 0.1) is 0 Å². The summed E-state index contributed by atoms with van der Waals surface area (Å²) < 4.78 is 31.0. The summed E-state index contributed by atoms with van der Waals surface area (Å²) in [4.78, 5) is 13.5. The Hall–Kier alpha value is -1.65. The molecule has 1 aliphatic heterocycles. The molecule has 0 aromatic heterocycles. The molecule has 0 spiro atoms. The number of methoxy groups -OCH3 is 1. The fourth-order valence-electron chi connectivity index (χ4n) is 1.95. The Bertz CT molecular complexity index is 421. The lowest BCUT2D eigenvalue weighted by Crippen LogP contribution is -2.42. The van der Waals surface area contributed by atoms with Crippen LogP contribution in [0.2, 0.25) is 0 Å². The van der Waals surface area contributed by atoms with Gasteiger partial charge in [0.2, 0.25) is 0 Å². The molecule has 18 heavy (non-hydrogen) atoms. The second-order valence-electron chi connectivity index (χ2n) is 4.38. The van der Waals surface area contributed by atoms with E-state index in [1.54, 1.807) is 31.4 Å². The van der Waals surface area contributed by atoms with Gasteiger partial charge in [-0.25, -0.2) is 8.78 Å². The van der Waals surface area contributed by atoms with E-state index in [1.165, 1.54) is 4.90 Å². The number of ether oxygens (including phenoxy) is 1. The lowest BCUT2D eigenvalue weighted by molar-refractivity contribution is -0.0494. The number of halogens is 2. The predicted molar refractivity (Wildman–Crippen MR) is 63.1 cm³/mol. The Morgan fingerprint density at radius 1 is 1.22 bits per heavy atom. The highest BCUT2D eigenvalue weighted by Gasteiger charge is 2.35. The quantitative estimate of drug-likeness (QED) is 0.812. The van der Waals surface area contributed by atoms with Crippen molar-refractivity contribution in [3.63, 3.8) is 0 Å². The van der Waals surface area contributed by atoms with E-state index in [1.807, 2.05) is 0 Å². The van der Waals surface area contributed by atoms with Crippen molar-refractivity contribution in [1.29, 1.82) is 0 Å². The SMILES string of the molecule is COc1ccc(C(=O)N2CCC(F)(F)CC2)cc1. The molecule has 0 N–H and O–H groups in total. The van der Waals surface area contributed by atoms with E-state index in [4.69, 9.17) is 4.74 Å². The number of nitrogens with zero attached hydrogens (tertiary/aromatic N) is 1. The minimum atomic E-state index is -2.63. The van der Waals surface area contributed by atoms with Gasteiger partial charge in [-0.3, -0.25) is 4.79 Å². The monoisotopic (exact) mass is 255 g/mol. The van der Waals surface area contributed by atoms with Crippen molar-refractivity contribution < 1.29 is 18.3 Å². The highest BCUT2D eigenvalue weighted by molar-refractivity contribution is 5.94. The molecule has 2 rings (SSSR count). The number of benzene rings is 1. The summed E-state index contributed by atoms with van der Waals surface area (Å²) in [5.74, 6) is -2.17. The number of likely N-dealkylation sites (tertiary alicyclic amines) is 1. The number of rotatable bonds is 2. The molecule has 1 amide bonds. The van der Waals surface area contributed by atoms with Gasteiger partial charge < -0.3 is 9.64 Å². The second kappa shape index (κ2) is 4.92. The first-order valence-corrected chi connectivity index (χ1v) is 5.83. The van der Waals surface area contributed by atoms with Crippen molar-refractivity contribution in [2.75, 3.05) is 20.2 Å². The number of carbonyl (C=O) groups is 1. The lowest BCUT2D eigenvalue weighted by atomic mass is 10.1. The van der Waals surface area contributed by atoms with Gasteiger partial charge >= 0.3 is 0 Å². The van der Waals surface area contributed by atoms with Crippen molar-refractivity contribution in [3.8, 4) is 5.75 Å². The molecule has 0 aliphatic carbocycles. The van der Waals surface area contributed by atoms with E-state index in [-0.39, 0.29) is 31.8 Å². The first-order valence-electron chi connectivity index (χ1n) is 5.83. The van der Waals surface area contributed by atoms with Crippen LogP contribution in [0.3, 0.4) is 0 Å². The van der Waals surface area contributed by atoms with Crippen molar-refractivity contribution >= 4 is 5.91 Å². The van der Waals surface area contributed by atoms with E-state index in [9.17, 15) is 13.6 Å². The van der Waals surface area contributed by atoms with Gasteiger partial charge in [-0.15, -0.1) is 0 Å². The zero-order valence-electron chi connectivity index (χ0n) is 10.2. The Kier molecular flexibility index (Phi) is 3.50. The maximum Gasteiger partial charge on any atom is 0.253 e. The third-order valence-corrected chi connectivity index (χ3v) is 3.12. The number of alkyl halides is 2.